The molecule has 4 aromatic rings. The number of anilines is 1. The smallest absolute Gasteiger partial charge is 0.396 e. The second kappa shape index (κ2) is 8.01. The summed E-state index contributed by atoms with van der Waals surface area (Å²) in [6, 6.07) is 16.7. The van der Waals surface area contributed by atoms with Crippen LogP contribution in [0.15, 0.2) is 80.8 Å². The Balaban J connectivity index is 1.89. The second-order valence-corrected chi connectivity index (χ2v) is 9.47. The van der Waals surface area contributed by atoms with E-state index >= 15 is 0 Å². The Bertz CT molecular complexity index is 1420. The molecule has 0 aliphatic carbocycles. The van der Waals surface area contributed by atoms with E-state index in [1.807, 2.05) is 6.92 Å². The van der Waals surface area contributed by atoms with Gasteiger partial charge in [0.1, 0.15) is 11.3 Å². The number of sulfonamides is 1. The van der Waals surface area contributed by atoms with E-state index in [9.17, 15) is 18.0 Å². The van der Waals surface area contributed by atoms with Gasteiger partial charge < -0.3 is 9.15 Å². The van der Waals surface area contributed by atoms with Crippen molar-refractivity contribution in [3.8, 4) is 5.75 Å². The zero-order valence-corrected chi connectivity index (χ0v) is 18.2. The van der Waals surface area contributed by atoms with Crippen molar-refractivity contribution >= 4 is 43.2 Å². The van der Waals surface area contributed by atoms with Gasteiger partial charge in [-0.3, -0.25) is 4.79 Å². The largest absolute Gasteiger partial charge is 0.497 e. The maximum absolute atomic E-state index is 13.5. The van der Waals surface area contributed by atoms with E-state index in [1.165, 1.54) is 49.6 Å². The average molecular weight is 456 g/mol. The van der Waals surface area contributed by atoms with Gasteiger partial charge in [0.05, 0.1) is 22.4 Å². The molecule has 0 N–H and O–H groups in total. The highest BCUT2D eigenvalue weighted by molar-refractivity contribution is 7.93. The molecule has 3 aromatic carbocycles. The minimum atomic E-state index is -4.27. The monoisotopic (exact) mass is 455 g/mol. The topological polar surface area (TPSA) is 93.9 Å². The van der Waals surface area contributed by atoms with Crippen LogP contribution in [0, 0.1) is 6.92 Å². The molecule has 7 nitrogen and oxygen atoms in total. The Morgan fingerprint density at radius 1 is 1.00 bits per heavy atom. The molecule has 158 valence electrons. The van der Waals surface area contributed by atoms with Crippen molar-refractivity contribution in [2.45, 2.75) is 11.8 Å². The van der Waals surface area contributed by atoms with Gasteiger partial charge in [-0.1, -0.05) is 29.0 Å². The van der Waals surface area contributed by atoms with Crippen molar-refractivity contribution in [2.24, 2.45) is 0 Å². The molecule has 0 saturated heterocycles. The molecule has 1 aromatic heterocycles. The van der Waals surface area contributed by atoms with Crippen molar-refractivity contribution in [2.75, 3.05) is 11.4 Å². The summed E-state index contributed by atoms with van der Waals surface area (Å²) in [6.07, 6.45) is 0. The first-order valence-corrected chi connectivity index (χ1v) is 11.4. The number of benzene rings is 3. The van der Waals surface area contributed by atoms with Gasteiger partial charge in [-0.2, -0.15) is 4.31 Å². The maximum Gasteiger partial charge on any atom is 0.396 e. The van der Waals surface area contributed by atoms with Gasteiger partial charge in [-0.05, 0) is 61.5 Å². The minimum absolute atomic E-state index is 0.0748. The first-order chi connectivity index (χ1) is 14.8. The first-order valence-electron chi connectivity index (χ1n) is 9.14. The Kier molecular flexibility index (Phi) is 5.38. The van der Waals surface area contributed by atoms with E-state index in [1.54, 1.807) is 24.3 Å². The maximum atomic E-state index is 13.5. The van der Waals surface area contributed by atoms with Crippen molar-refractivity contribution in [3.63, 3.8) is 0 Å². The van der Waals surface area contributed by atoms with Crippen LogP contribution in [0.25, 0.3) is 10.3 Å². The van der Waals surface area contributed by atoms with Gasteiger partial charge in [0.2, 0.25) is 0 Å². The van der Waals surface area contributed by atoms with E-state index in [4.69, 9.17) is 9.15 Å². The zero-order chi connectivity index (χ0) is 22.2. The quantitative estimate of drug-likeness (QED) is 0.448. The number of nitrogens with zero attached hydrogens (tertiary/aromatic N) is 1. The number of carbonyl (C=O) groups excluding carboxylic acids is 1. The number of amides is 1. The van der Waals surface area contributed by atoms with Crippen LogP contribution < -0.4 is 14.0 Å². The highest BCUT2D eigenvalue weighted by Crippen LogP contribution is 2.30. The predicted octanol–water partition coefficient (Wildman–Crippen LogP) is 4.21. The predicted molar refractivity (Wildman–Crippen MR) is 119 cm³/mol. The van der Waals surface area contributed by atoms with Gasteiger partial charge in [0.15, 0.2) is 0 Å². The highest BCUT2D eigenvalue weighted by Gasteiger charge is 2.32. The van der Waals surface area contributed by atoms with E-state index in [0.717, 1.165) is 21.2 Å². The summed E-state index contributed by atoms with van der Waals surface area (Å²) in [6.45, 7) is 1.87. The lowest BCUT2D eigenvalue weighted by Gasteiger charge is -2.23. The number of hydrogen-bond donors (Lipinski definition) is 0. The lowest BCUT2D eigenvalue weighted by atomic mass is 10.1. The molecule has 0 spiro atoms. The summed E-state index contributed by atoms with van der Waals surface area (Å²) in [5.41, 5.74) is 1.57. The molecule has 4 rings (SSSR count). The van der Waals surface area contributed by atoms with Crippen LogP contribution in [-0.4, -0.2) is 21.4 Å². The Hall–Kier alpha value is -3.43. The standard InChI is InChI=1S/C22H17NO6S2/c1-14-3-5-15(6-4-14)21(24)23(16-7-12-19-20(13-16)30-22(25)29-19)31(26,27)18-10-8-17(28-2)9-11-18/h3-13H,1-2H3. The van der Waals surface area contributed by atoms with E-state index in [0.29, 0.717) is 16.0 Å². The molecule has 9 heteroatoms. The lowest BCUT2D eigenvalue weighted by molar-refractivity contribution is 0.101. The summed E-state index contributed by atoms with van der Waals surface area (Å²) < 4.78 is 38.4. The number of hydrogen-bond acceptors (Lipinski definition) is 7. The fraction of sp³-hybridized carbons (Fsp3) is 0.0909. The van der Waals surface area contributed by atoms with Crippen LogP contribution >= 0.6 is 11.3 Å². The molecule has 0 aliphatic rings. The Morgan fingerprint density at radius 2 is 1.68 bits per heavy atom. The zero-order valence-electron chi connectivity index (χ0n) is 16.6. The highest BCUT2D eigenvalue weighted by atomic mass is 32.2. The van der Waals surface area contributed by atoms with Gasteiger partial charge in [-0.15, -0.1) is 0 Å². The average Bonchev–Trinajstić information content (AvgIpc) is 3.13. The first kappa shape index (κ1) is 20.8. The number of aryl methyl sites for hydroxylation is 1. The van der Waals surface area contributed by atoms with Crippen LogP contribution in [-0.2, 0) is 10.0 Å². The molecular weight excluding hydrogens is 438 g/mol. The molecule has 0 radical (unpaired) electrons. The molecule has 1 amide bonds. The number of rotatable bonds is 5. The molecule has 0 atom stereocenters. The molecule has 0 bridgehead atoms. The Labute approximate surface area is 182 Å². The molecule has 0 saturated carbocycles. The number of ether oxygens (including phenoxy) is 1. The number of carbonyl (C=O) groups is 1. The van der Waals surface area contributed by atoms with Crippen LogP contribution in [0.4, 0.5) is 5.69 Å². The van der Waals surface area contributed by atoms with Gasteiger partial charge in [0, 0.05) is 5.56 Å². The third kappa shape index (κ3) is 3.97. The number of fused-ring (bicyclic) bond motifs is 1. The molecule has 31 heavy (non-hydrogen) atoms. The second-order valence-electron chi connectivity index (χ2n) is 6.70. The van der Waals surface area contributed by atoms with Crippen LogP contribution in [0.2, 0.25) is 0 Å². The van der Waals surface area contributed by atoms with Crippen molar-refractivity contribution in [1.29, 1.82) is 0 Å². The SMILES string of the molecule is COc1ccc(S(=O)(=O)N(C(=O)c2ccc(C)cc2)c2ccc3oc(=O)sc3c2)cc1. The fourth-order valence-electron chi connectivity index (χ4n) is 3.02. The van der Waals surface area contributed by atoms with Crippen molar-refractivity contribution in [3.05, 3.63) is 87.6 Å². The summed E-state index contributed by atoms with van der Waals surface area (Å²) in [5.74, 6) is -0.231. The normalized spacial score (nSPS) is 11.4. The van der Waals surface area contributed by atoms with Crippen LogP contribution in [0.5, 0.6) is 5.75 Å². The lowest BCUT2D eigenvalue weighted by Crippen LogP contribution is -2.37. The number of methoxy groups -OCH3 is 1. The van der Waals surface area contributed by atoms with Crippen LogP contribution in [0.1, 0.15) is 15.9 Å². The van der Waals surface area contributed by atoms with Crippen LogP contribution in [0.3, 0.4) is 0 Å². The summed E-state index contributed by atoms with van der Waals surface area (Å²) in [7, 11) is -2.80. The van der Waals surface area contributed by atoms with E-state index in [-0.39, 0.29) is 16.1 Å². The third-order valence-electron chi connectivity index (χ3n) is 4.63. The fourth-order valence-corrected chi connectivity index (χ4v) is 5.13. The van der Waals surface area contributed by atoms with Gasteiger partial charge >= 0.3 is 4.94 Å². The minimum Gasteiger partial charge on any atom is -0.497 e. The summed E-state index contributed by atoms with van der Waals surface area (Å²) in [5, 5.41) is 0. The van der Waals surface area contributed by atoms with Gasteiger partial charge in [-0.25, -0.2) is 13.2 Å². The summed E-state index contributed by atoms with van der Waals surface area (Å²) >= 11 is 0.833. The van der Waals surface area contributed by atoms with E-state index in [2.05, 4.69) is 0 Å². The summed E-state index contributed by atoms with van der Waals surface area (Å²) in [4.78, 5) is 24.4. The molecular formula is C22H17NO6S2. The molecule has 0 aliphatic heterocycles. The van der Waals surface area contributed by atoms with E-state index < -0.39 is 20.9 Å². The molecule has 0 fully saturated rings. The van der Waals surface area contributed by atoms with Gasteiger partial charge in [0.25, 0.3) is 15.9 Å². The van der Waals surface area contributed by atoms with Crippen molar-refractivity contribution in [1.82, 2.24) is 0 Å². The third-order valence-corrected chi connectivity index (χ3v) is 7.14. The molecule has 0 unspecified atom stereocenters. The van der Waals surface area contributed by atoms with Crippen molar-refractivity contribution < 1.29 is 22.4 Å². The Morgan fingerprint density at radius 3 is 2.32 bits per heavy atom. The molecule has 1 heterocycles.